The highest BCUT2D eigenvalue weighted by atomic mass is 35.5. The molecule has 156 valence electrons. The molecule has 6 nitrogen and oxygen atoms in total. The monoisotopic (exact) mass is 425 g/mol. The number of hydrogen-bond donors (Lipinski definition) is 2. The van der Waals surface area contributed by atoms with E-state index in [1.165, 1.54) is 5.56 Å². The third-order valence-electron chi connectivity index (χ3n) is 5.55. The van der Waals surface area contributed by atoms with Crippen LogP contribution in [-0.2, 0) is 16.0 Å². The number of anilines is 2. The van der Waals surface area contributed by atoms with Crippen LogP contribution < -0.4 is 15.5 Å². The van der Waals surface area contributed by atoms with Crippen LogP contribution in [0.2, 0.25) is 5.02 Å². The van der Waals surface area contributed by atoms with Gasteiger partial charge in [-0.25, -0.2) is 0 Å². The van der Waals surface area contributed by atoms with E-state index >= 15 is 0 Å². The van der Waals surface area contributed by atoms with E-state index in [-0.39, 0.29) is 35.2 Å². The summed E-state index contributed by atoms with van der Waals surface area (Å²) in [5, 5.41) is 6.00. The van der Waals surface area contributed by atoms with Gasteiger partial charge in [0.25, 0.3) is 5.91 Å². The van der Waals surface area contributed by atoms with Crippen molar-refractivity contribution in [1.29, 1.82) is 0 Å². The number of hydrogen-bond acceptors (Lipinski definition) is 3. The Morgan fingerprint density at radius 3 is 2.50 bits per heavy atom. The van der Waals surface area contributed by atoms with Crippen molar-refractivity contribution >= 4 is 40.7 Å². The number of carbonyl (C=O) groups excluding carboxylic acids is 3. The summed E-state index contributed by atoms with van der Waals surface area (Å²) in [6.45, 7) is 2.42. The molecule has 2 fully saturated rings. The lowest BCUT2D eigenvalue weighted by Gasteiger charge is -2.17. The fourth-order valence-corrected chi connectivity index (χ4v) is 3.82. The molecule has 0 aromatic heterocycles. The molecule has 30 heavy (non-hydrogen) atoms. The van der Waals surface area contributed by atoms with Gasteiger partial charge in [-0.05, 0) is 55.2 Å². The van der Waals surface area contributed by atoms with Crippen molar-refractivity contribution in [3.63, 3.8) is 0 Å². The first-order valence-electron chi connectivity index (χ1n) is 10.2. The summed E-state index contributed by atoms with van der Waals surface area (Å²) in [4.78, 5) is 39.0. The van der Waals surface area contributed by atoms with E-state index in [9.17, 15) is 14.4 Å². The van der Waals surface area contributed by atoms with Crippen molar-refractivity contribution in [2.24, 2.45) is 5.92 Å². The minimum absolute atomic E-state index is 0.0653. The van der Waals surface area contributed by atoms with Crippen LogP contribution in [0.25, 0.3) is 0 Å². The van der Waals surface area contributed by atoms with E-state index in [1.54, 1.807) is 23.1 Å². The smallest absolute Gasteiger partial charge is 0.253 e. The highest BCUT2D eigenvalue weighted by molar-refractivity contribution is 6.34. The molecule has 2 aliphatic rings. The average Bonchev–Trinajstić information content (AvgIpc) is 3.46. The summed E-state index contributed by atoms with van der Waals surface area (Å²) in [6, 6.07) is 12.9. The van der Waals surface area contributed by atoms with Gasteiger partial charge < -0.3 is 15.5 Å². The summed E-state index contributed by atoms with van der Waals surface area (Å²) in [6.07, 6.45) is 3.09. The van der Waals surface area contributed by atoms with Crippen LogP contribution in [0, 0.1) is 5.92 Å². The Morgan fingerprint density at radius 2 is 1.87 bits per heavy atom. The quantitative estimate of drug-likeness (QED) is 0.739. The second-order valence-corrected chi connectivity index (χ2v) is 8.26. The highest BCUT2D eigenvalue weighted by Crippen LogP contribution is 2.28. The Hall–Kier alpha value is -2.86. The molecule has 1 aliphatic heterocycles. The molecule has 1 heterocycles. The third-order valence-corrected chi connectivity index (χ3v) is 5.86. The van der Waals surface area contributed by atoms with Gasteiger partial charge in [-0.1, -0.05) is 30.7 Å². The zero-order valence-corrected chi connectivity index (χ0v) is 17.5. The van der Waals surface area contributed by atoms with E-state index in [0.717, 1.165) is 24.9 Å². The number of benzene rings is 2. The minimum atomic E-state index is -0.444. The van der Waals surface area contributed by atoms with Crippen molar-refractivity contribution in [3.8, 4) is 0 Å². The fraction of sp³-hybridized carbons (Fsp3) is 0.348. The lowest BCUT2D eigenvalue weighted by atomic mass is 10.1. The molecule has 1 unspecified atom stereocenters. The van der Waals surface area contributed by atoms with Crippen molar-refractivity contribution in [3.05, 3.63) is 58.6 Å². The van der Waals surface area contributed by atoms with Gasteiger partial charge in [0.2, 0.25) is 11.8 Å². The van der Waals surface area contributed by atoms with Crippen LogP contribution in [0.5, 0.6) is 0 Å². The van der Waals surface area contributed by atoms with Gasteiger partial charge in [0.15, 0.2) is 0 Å². The second-order valence-electron chi connectivity index (χ2n) is 7.86. The standard InChI is InChI=1S/C23H24ClN3O3/c1-2-14-3-8-18(9-4-14)27-13-15(11-21(27)28)22(29)26-17-7-10-19(20(24)12-17)23(30)25-16-5-6-16/h3-4,7-10,12,15-16H,2,5-6,11,13H2,1H3,(H,25,30)(H,26,29). The van der Waals surface area contributed by atoms with Gasteiger partial charge in [-0.3, -0.25) is 14.4 Å². The van der Waals surface area contributed by atoms with E-state index < -0.39 is 5.92 Å². The van der Waals surface area contributed by atoms with Crippen molar-refractivity contribution in [2.75, 3.05) is 16.8 Å². The van der Waals surface area contributed by atoms with Gasteiger partial charge in [-0.15, -0.1) is 0 Å². The van der Waals surface area contributed by atoms with Crippen LogP contribution in [0.1, 0.15) is 42.1 Å². The Labute approximate surface area is 180 Å². The Kier molecular flexibility index (Phi) is 5.77. The molecule has 1 aliphatic carbocycles. The number of carbonyl (C=O) groups is 3. The van der Waals surface area contributed by atoms with Crippen LogP contribution in [0.15, 0.2) is 42.5 Å². The zero-order chi connectivity index (χ0) is 21.3. The lowest BCUT2D eigenvalue weighted by molar-refractivity contribution is -0.122. The van der Waals surface area contributed by atoms with Crippen molar-refractivity contribution in [1.82, 2.24) is 5.32 Å². The normalized spacial score (nSPS) is 18.4. The Balaban J connectivity index is 1.39. The molecule has 1 saturated carbocycles. The summed E-state index contributed by atoms with van der Waals surface area (Å²) in [7, 11) is 0. The molecule has 0 radical (unpaired) electrons. The van der Waals surface area contributed by atoms with Crippen LogP contribution in [0.4, 0.5) is 11.4 Å². The fourth-order valence-electron chi connectivity index (χ4n) is 3.56. The Bertz CT molecular complexity index is 986. The van der Waals surface area contributed by atoms with Crippen LogP contribution in [0.3, 0.4) is 0 Å². The molecule has 0 bridgehead atoms. The third kappa shape index (κ3) is 4.49. The van der Waals surface area contributed by atoms with Gasteiger partial charge in [-0.2, -0.15) is 0 Å². The minimum Gasteiger partial charge on any atom is -0.349 e. The molecule has 1 atom stereocenters. The van der Waals surface area contributed by atoms with E-state index in [0.29, 0.717) is 17.8 Å². The van der Waals surface area contributed by atoms with Gasteiger partial charge >= 0.3 is 0 Å². The van der Waals surface area contributed by atoms with Gasteiger partial charge in [0.05, 0.1) is 16.5 Å². The van der Waals surface area contributed by atoms with Crippen LogP contribution >= 0.6 is 11.6 Å². The molecule has 2 N–H and O–H groups in total. The summed E-state index contributed by atoms with van der Waals surface area (Å²) < 4.78 is 0. The summed E-state index contributed by atoms with van der Waals surface area (Å²) >= 11 is 6.25. The maximum Gasteiger partial charge on any atom is 0.253 e. The molecule has 7 heteroatoms. The van der Waals surface area contributed by atoms with Gasteiger partial charge in [0.1, 0.15) is 0 Å². The predicted octanol–water partition coefficient (Wildman–Crippen LogP) is 3.79. The first kappa shape index (κ1) is 20.4. The first-order chi connectivity index (χ1) is 14.4. The average molecular weight is 426 g/mol. The zero-order valence-electron chi connectivity index (χ0n) is 16.8. The molecule has 4 rings (SSSR count). The molecule has 3 amide bonds. The Morgan fingerprint density at radius 1 is 1.13 bits per heavy atom. The first-order valence-corrected chi connectivity index (χ1v) is 10.6. The number of rotatable bonds is 6. The number of nitrogens with zero attached hydrogens (tertiary/aromatic N) is 1. The molecular formula is C23H24ClN3O3. The maximum atomic E-state index is 12.7. The van der Waals surface area contributed by atoms with Crippen molar-refractivity contribution in [2.45, 2.75) is 38.6 Å². The lowest BCUT2D eigenvalue weighted by Crippen LogP contribution is -2.28. The number of nitrogens with one attached hydrogen (secondary N) is 2. The second kappa shape index (κ2) is 8.48. The molecule has 2 aromatic rings. The highest BCUT2D eigenvalue weighted by Gasteiger charge is 2.35. The van der Waals surface area contributed by atoms with E-state index in [4.69, 9.17) is 11.6 Å². The van der Waals surface area contributed by atoms with E-state index in [2.05, 4.69) is 17.6 Å². The SMILES string of the molecule is CCc1ccc(N2CC(C(=O)Nc3ccc(C(=O)NC4CC4)c(Cl)c3)CC2=O)cc1. The maximum absolute atomic E-state index is 12.7. The predicted molar refractivity (Wildman–Crippen MR) is 117 cm³/mol. The van der Waals surface area contributed by atoms with Gasteiger partial charge in [0, 0.05) is 30.4 Å². The number of amides is 3. The molecule has 1 saturated heterocycles. The largest absolute Gasteiger partial charge is 0.349 e. The number of halogens is 1. The summed E-state index contributed by atoms with van der Waals surface area (Å²) in [5.74, 6) is -0.946. The molecule has 0 spiro atoms. The topological polar surface area (TPSA) is 78.5 Å². The molecule has 2 aromatic carbocycles. The van der Waals surface area contributed by atoms with E-state index in [1.807, 2.05) is 24.3 Å². The molecular weight excluding hydrogens is 402 g/mol. The summed E-state index contributed by atoms with van der Waals surface area (Å²) in [5.41, 5.74) is 2.90. The number of aryl methyl sites for hydroxylation is 1. The van der Waals surface area contributed by atoms with Crippen LogP contribution in [-0.4, -0.2) is 30.3 Å². The van der Waals surface area contributed by atoms with Crippen molar-refractivity contribution < 1.29 is 14.4 Å².